The summed E-state index contributed by atoms with van der Waals surface area (Å²) in [6, 6.07) is 0. The van der Waals surface area contributed by atoms with Gasteiger partial charge in [-0.2, -0.15) is 0 Å². The highest BCUT2D eigenvalue weighted by Gasteiger charge is 2.30. The standard InChI is InChI=1S/C67H130O17P2/c1-7-9-11-13-15-17-18-19-20-21-24-28-32-39-45-51-66(71)83-62(55-78-65(70)50-44-38-31-27-25-22-23-26-29-35-41-47-59(3)4)57-81-85(73,74)79-53-61(68)54-80-86(75,76)82-58-63(56-77-64(69)49-43-37-30-16-14-12-10-8-2)84-67(72)52-46-40-34-33-36-42-48-60(5)6/h59-63,68H,7-58H2,1-6H3,(H,73,74)(H,75,76)/t61-,62-,63-/m1/s1. The molecular weight excluding hydrogens is 1140 g/mol. The number of phosphoric acid groups is 2. The Bertz CT molecular complexity index is 1680. The molecule has 0 aliphatic heterocycles. The smallest absolute Gasteiger partial charge is 0.462 e. The number of carbonyl (C=O) groups is 4. The summed E-state index contributed by atoms with van der Waals surface area (Å²) in [7, 11) is -9.89. The number of rotatable bonds is 66. The first-order valence-corrected chi connectivity index (χ1v) is 38.0. The highest BCUT2D eigenvalue weighted by molar-refractivity contribution is 7.47. The summed E-state index contributed by atoms with van der Waals surface area (Å²) in [4.78, 5) is 72.3. The first-order chi connectivity index (χ1) is 41.4. The SMILES string of the molecule is CCCCCCCCCCCCCCCCCC(=O)O[C@H](COC(=O)CCCCCCCCCCCCCC(C)C)COP(=O)(O)OC[C@@H](O)COP(=O)(O)OC[C@@H](COC(=O)CCCCCCCCCC)OC(=O)CCCCCCCCC(C)C. The molecule has 0 heterocycles. The fourth-order valence-electron chi connectivity index (χ4n) is 10.1. The quantitative estimate of drug-likeness (QED) is 0.0222. The van der Waals surface area contributed by atoms with E-state index in [-0.39, 0.29) is 25.7 Å². The zero-order valence-corrected chi connectivity index (χ0v) is 57.4. The van der Waals surface area contributed by atoms with Crippen LogP contribution in [0.15, 0.2) is 0 Å². The van der Waals surface area contributed by atoms with Crippen LogP contribution in [0.5, 0.6) is 0 Å². The van der Waals surface area contributed by atoms with Gasteiger partial charge in [0, 0.05) is 25.7 Å². The van der Waals surface area contributed by atoms with Gasteiger partial charge < -0.3 is 33.8 Å². The Morgan fingerprint density at radius 2 is 0.535 bits per heavy atom. The first-order valence-electron chi connectivity index (χ1n) is 35.0. The maximum atomic E-state index is 13.0. The molecule has 0 aromatic heterocycles. The Kier molecular flexibility index (Phi) is 58.0. The lowest BCUT2D eigenvalue weighted by atomic mass is 10.0. The lowest BCUT2D eigenvalue weighted by Crippen LogP contribution is -2.30. The van der Waals surface area contributed by atoms with E-state index >= 15 is 0 Å². The normalized spacial score (nSPS) is 14.2. The van der Waals surface area contributed by atoms with Crippen LogP contribution in [0.1, 0.15) is 337 Å². The molecule has 0 aromatic rings. The van der Waals surface area contributed by atoms with Crippen molar-refractivity contribution in [3.05, 3.63) is 0 Å². The van der Waals surface area contributed by atoms with Gasteiger partial charge in [0.25, 0.3) is 0 Å². The molecule has 19 heteroatoms. The second kappa shape index (κ2) is 59.4. The molecule has 0 saturated carbocycles. The lowest BCUT2D eigenvalue weighted by Gasteiger charge is -2.21. The molecule has 0 aromatic carbocycles. The fourth-order valence-corrected chi connectivity index (χ4v) is 11.6. The van der Waals surface area contributed by atoms with Crippen LogP contribution in [-0.4, -0.2) is 96.7 Å². The third-order valence-electron chi connectivity index (χ3n) is 15.5. The van der Waals surface area contributed by atoms with Crippen molar-refractivity contribution < 1.29 is 80.2 Å². The van der Waals surface area contributed by atoms with Crippen LogP contribution in [0.3, 0.4) is 0 Å². The van der Waals surface area contributed by atoms with Gasteiger partial charge in [-0.05, 0) is 37.5 Å². The van der Waals surface area contributed by atoms with E-state index in [9.17, 15) is 43.2 Å². The van der Waals surface area contributed by atoms with Crippen molar-refractivity contribution in [2.45, 2.75) is 355 Å². The van der Waals surface area contributed by atoms with Crippen molar-refractivity contribution in [1.29, 1.82) is 0 Å². The van der Waals surface area contributed by atoms with E-state index in [4.69, 9.17) is 37.0 Å². The van der Waals surface area contributed by atoms with Gasteiger partial charge in [-0.25, -0.2) is 9.13 Å². The topological polar surface area (TPSA) is 237 Å². The number of aliphatic hydroxyl groups excluding tert-OH is 1. The molecule has 3 N–H and O–H groups in total. The molecule has 5 atom stereocenters. The van der Waals surface area contributed by atoms with Crippen LogP contribution in [0.4, 0.5) is 0 Å². The Balaban J connectivity index is 5.21. The predicted molar refractivity (Wildman–Crippen MR) is 345 cm³/mol. The van der Waals surface area contributed by atoms with Gasteiger partial charge in [0.1, 0.15) is 19.3 Å². The molecule has 0 saturated heterocycles. The van der Waals surface area contributed by atoms with Gasteiger partial charge >= 0.3 is 39.5 Å². The minimum Gasteiger partial charge on any atom is -0.462 e. The summed E-state index contributed by atoms with van der Waals surface area (Å²) in [6.07, 6.45) is 43.2. The number of ether oxygens (including phenoxy) is 4. The molecule has 86 heavy (non-hydrogen) atoms. The zero-order valence-electron chi connectivity index (χ0n) is 55.6. The van der Waals surface area contributed by atoms with E-state index in [1.807, 2.05) is 0 Å². The number of unbranched alkanes of at least 4 members (excludes halogenated alkanes) is 36. The predicted octanol–water partition coefficient (Wildman–Crippen LogP) is 18.8. The minimum absolute atomic E-state index is 0.102. The third-order valence-corrected chi connectivity index (χ3v) is 17.4. The number of aliphatic hydroxyl groups is 1. The summed E-state index contributed by atoms with van der Waals surface area (Å²) < 4.78 is 68.1. The van der Waals surface area contributed by atoms with E-state index in [2.05, 4.69) is 41.5 Å². The van der Waals surface area contributed by atoms with Crippen molar-refractivity contribution in [2.75, 3.05) is 39.6 Å². The Morgan fingerprint density at radius 3 is 0.791 bits per heavy atom. The van der Waals surface area contributed by atoms with Gasteiger partial charge in [0.05, 0.1) is 26.4 Å². The maximum Gasteiger partial charge on any atom is 0.472 e. The van der Waals surface area contributed by atoms with Crippen molar-refractivity contribution >= 4 is 39.5 Å². The van der Waals surface area contributed by atoms with Crippen LogP contribution < -0.4 is 0 Å². The maximum absolute atomic E-state index is 13.0. The molecule has 0 amide bonds. The summed E-state index contributed by atoms with van der Waals surface area (Å²) >= 11 is 0. The fraction of sp³-hybridized carbons (Fsp3) is 0.940. The molecule has 0 bridgehead atoms. The van der Waals surface area contributed by atoms with Crippen molar-refractivity contribution in [3.63, 3.8) is 0 Å². The molecule has 2 unspecified atom stereocenters. The molecule has 0 fully saturated rings. The summed E-state index contributed by atoms with van der Waals surface area (Å²) in [5.74, 6) is -0.693. The number of esters is 4. The summed E-state index contributed by atoms with van der Waals surface area (Å²) in [5, 5.41) is 10.5. The summed E-state index contributed by atoms with van der Waals surface area (Å²) in [6.45, 7) is 9.41. The van der Waals surface area contributed by atoms with Crippen molar-refractivity contribution in [3.8, 4) is 0 Å². The second-order valence-corrected chi connectivity index (χ2v) is 28.1. The zero-order chi connectivity index (χ0) is 63.6. The van der Waals surface area contributed by atoms with E-state index < -0.39 is 97.5 Å². The molecule has 0 aliphatic carbocycles. The molecular formula is C67H130O17P2. The largest absolute Gasteiger partial charge is 0.472 e. The Morgan fingerprint density at radius 1 is 0.314 bits per heavy atom. The second-order valence-electron chi connectivity index (χ2n) is 25.2. The first kappa shape index (κ1) is 84.1. The van der Waals surface area contributed by atoms with E-state index in [1.165, 1.54) is 148 Å². The van der Waals surface area contributed by atoms with E-state index in [0.29, 0.717) is 31.6 Å². The van der Waals surface area contributed by atoms with Gasteiger partial charge in [-0.15, -0.1) is 0 Å². The lowest BCUT2D eigenvalue weighted by molar-refractivity contribution is -0.161. The average molecular weight is 1270 g/mol. The van der Waals surface area contributed by atoms with Crippen molar-refractivity contribution in [1.82, 2.24) is 0 Å². The third kappa shape index (κ3) is 60.9. The van der Waals surface area contributed by atoms with Crippen molar-refractivity contribution in [2.24, 2.45) is 11.8 Å². The number of carbonyl (C=O) groups excluding carboxylic acids is 4. The Labute approximate surface area is 524 Å². The van der Waals surface area contributed by atoms with Gasteiger partial charge in [0.2, 0.25) is 0 Å². The molecule has 0 spiro atoms. The molecule has 0 rings (SSSR count). The number of phosphoric ester groups is 2. The number of hydrogen-bond donors (Lipinski definition) is 3. The molecule has 17 nitrogen and oxygen atoms in total. The summed E-state index contributed by atoms with van der Waals surface area (Å²) in [5.41, 5.74) is 0. The van der Waals surface area contributed by atoms with Gasteiger partial charge in [0.15, 0.2) is 12.2 Å². The van der Waals surface area contributed by atoms with Gasteiger partial charge in [-0.3, -0.25) is 37.3 Å². The van der Waals surface area contributed by atoms with Gasteiger partial charge in [-0.1, -0.05) is 286 Å². The van der Waals surface area contributed by atoms with Crippen LogP contribution in [0, 0.1) is 11.8 Å². The van der Waals surface area contributed by atoms with Crippen LogP contribution >= 0.6 is 15.6 Å². The van der Waals surface area contributed by atoms with Crippen LogP contribution in [0.2, 0.25) is 0 Å². The minimum atomic E-state index is -4.95. The number of hydrogen-bond acceptors (Lipinski definition) is 15. The average Bonchev–Trinajstić information content (AvgIpc) is 3.61. The Hall–Kier alpha value is -1.94. The van der Waals surface area contributed by atoms with Crippen LogP contribution in [-0.2, 0) is 65.4 Å². The molecule has 0 radical (unpaired) electrons. The monoisotopic (exact) mass is 1270 g/mol. The van der Waals surface area contributed by atoms with E-state index in [0.717, 1.165) is 102 Å². The van der Waals surface area contributed by atoms with E-state index in [1.54, 1.807) is 0 Å². The van der Waals surface area contributed by atoms with Crippen LogP contribution in [0.25, 0.3) is 0 Å². The highest BCUT2D eigenvalue weighted by atomic mass is 31.2. The molecule has 0 aliphatic rings. The highest BCUT2D eigenvalue weighted by Crippen LogP contribution is 2.45. The molecule has 510 valence electrons.